The van der Waals surface area contributed by atoms with E-state index in [1.54, 1.807) is 0 Å². The smallest absolute Gasteiger partial charge is 0.369 e. The Labute approximate surface area is 115 Å². The molecule has 0 unspecified atom stereocenters. The van der Waals surface area contributed by atoms with E-state index < -0.39 is 20.2 Å². The van der Waals surface area contributed by atoms with Crippen LogP contribution < -0.4 is 10.2 Å². The Bertz CT molecular complexity index is 569. The van der Waals surface area contributed by atoms with Crippen molar-refractivity contribution >= 4 is 15.5 Å². The van der Waals surface area contributed by atoms with E-state index in [1.807, 2.05) is 11.8 Å². The number of halogens is 3. The highest BCUT2D eigenvalue weighted by atomic mass is 32.2. The lowest BCUT2D eigenvalue weighted by atomic mass is 10.2. The Morgan fingerprint density at radius 2 is 1.85 bits per heavy atom. The lowest BCUT2D eigenvalue weighted by Gasteiger charge is -2.33. The Morgan fingerprint density at radius 3 is 2.35 bits per heavy atom. The number of hydrogen-bond acceptors (Lipinski definition) is 4. The lowest BCUT2D eigenvalue weighted by molar-refractivity contribution is -0.0436. The summed E-state index contributed by atoms with van der Waals surface area (Å²) in [5.41, 5.74) is -4.54. The van der Waals surface area contributed by atoms with Crippen LogP contribution in [0.4, 0.5) is 18.9 Å². The summed E-state index contributed by atoms with van der Waals surface area (Å²) < 4.78 is 59.7. The zero-order valence-electron chi connectivity index (χ0n) is 10.8. The molecule has 1 N–H and O–H groups in total. The molecule has 2 rings (SSSR count). The topological polar surface area (TPSA) is 49.4 Å². The van der Waals surface area contributed by atoms with E-state index in [0.717, 1.165) is 37.5 Å². The van der Waals surface area contributed by atoms with Crippen molar-refractivity contribution in [2.45, 2.75) is 23.4 Å². The van der Waals surface area contributed by atoms with Crippen molar-refractivity contribution in [3.05, 3.63) is 24.3 Å². The van der Waals surface area contributed by atoms with E-state index in [0.29, 0.717) is 0 Å². The zero-order valence-corrected chi connectivity index (χ0v) is 11.6. The maximum atomic E-state index is 12.4. The summed E-state index contributed by atoms with van der Waals surface area (Å²) in [6, 6.07) is 5.12. The molecule has 0 spiro atoms. The van der Waals surface area contributed by atoms with Crippen molar-refractivity contribution in [1.82, 2.24) is 5.32 Å². The Balaban J connectivity index is 2.23. The minimum absolute atomic E-state index is 0.280. The molecule has 1 aliphatic rings. The van der Waals surface area contributed by atoms with E-state index >= 15 is 0 Å². The summed E-state index contributed by atoms with van der Waals surface area (Å²) in [6.45, 7) is 4.25. The minimum Gasteiger partial charge on any atom is -0.369 e. The third-order valence-corrected chi connectivity index (χ3v) is 4.69. The molecule has 4 nitrogen and oxygen atoms in total. The highest BCUT2D eigenvalue weighted by Crippen LogP contribution is 2.31. The van der Waals surface area contributed by atoms with Gasteiger partial charge in [-0.25, -0.2) is 8.42 Å². The monoisotopic (exact) mass is 308 g/mol. The number of benzene rings is 1. The molecule has 8 heteroatoms. The van der Waals surface area contributed by atoms with Crippen molar-refractivity contribution in [1.29, 1.82) is 0 Å². The van der Waals surface area contributed by atoms with E-state index in [-0.39, 0.29) is 6.04 Å². The quantitative estimate of drug-likeness (QED) is 0.905. The predicted octanol–water partition coefficient (Wildman–Crippen LogP) is 1.78. The number of hydrogen-bond donors (Lipinski definition) is 1. The summed E-state index contributed by atoms with van der Waals surface area (Å²) in [5.74, 6) is 0. The average molecular weight is 308 g/mol. The van der Waals surface area contributed by atoms with Crippen molar-refractivity contribution in [3.63, 3.8) is 0 Å². The molecule has 1 atom stereocenters. The van der Waals surface area contributed by atoms with Gasteiger partial charge in [0.25, 0.3) is 9.84 Å². The van der Waals surface area contributed by atoms with E-state index in [4.69, 9.17) is 0 Å². The molecule has 0 amide bonds. The second-order valence-electron chi connectivity index (χ2n) is 4.74. The van der Waals surface area contributed by atoms with Gasteiger partial charge in [-0.15, -0.1) is 0 Å². The fourth-order valence-electron chi connectivity index (χ4n) is 2.14. The van der Waals surface area contributed by atoms with Crippen molar-refractivity contribution in [2.75, 3.05) is 24.5 Å². The van der Waals surface area contributed by atoms with Crippen LogP contribution in [0.2, 0.25) is 0 Å². The van der Waals surface area contributed by atoms with Gasteiger partial charge in [0.05, 0.1) is 4.90 Å². The van der Waals surface area contributed by atoms with Gasteiger partial charge in [-0.2, -0.15) is 13.2 Å². The zero-order chi connectivity index (χ0) is 15.0. The molecule has 0 saturated carbocycles. The second-order valence-corrected chi connectivity index (χ2v) is 6.69. The molecule has 20 heavy (non-hydrogen) atoms. The van der Waals surface area contributed by atoms with E-state index in [2.05, 4.69) is 5.32 Å². The van der Waals surface area contributed by atoms with Gasteiger partial charge in [0, 0.05) is 31.4 Å². The van der Waals surface area contributed by atoms with Gasteiger partial charge in [-0.1, -0.05) is 0 Å². The first-order chi connectivity index (χ1) is 9.22. The summed E-state index contributed by atoms with van der Waals surface area (Å²) in [4.78, 5) is 1.28. The SMILES string of the molecule is C[C@H]1CN(c2ccc(S(=O)(=O)C(F)(F)F)cc2)CCN1. The van der Waals surface area contributed by atoms with Gasteiger partial charge in [0.1, 0.15) is 0 Å². The summed E-state index contributed by atoms with van der Waals surface area (Å²) in [7, 11) is -5.27. The number of piperazine rings is 1. The third kappa shape index (κ3) is 2.90. The second kappa shape index (κ2) is 5.25. The van der Waals surface area contributed by atoms with Gasteiger partial charge in [0.15, 0.2) is 0 Å². The van der Waals surface area contributed by atoms with Crippen LogP contribution in [0.1, 0.15) is 6.92 Å². The number of sulfone groups is 1. The molecular weight excluding hydrogens is 293 g/mol. The van der Waals surface area contributed by atoms with E-state index in [1.165, 1.54) is 12.1 Å². The highest BCUT2D eigenvalue weighted by Gasteiger charge is 2.46. The van der Waals surface area contributed by atoms with Crippen LogP contribution in [0.3, 0.4) is 0 Å². The summed E-state index contributed by atoms with van der Waals surface area (Å²) in [6.07, 6.45) is 0. The van der Waals surface area contributed by atoms with Crippen LogP contribution in [0.5, 0.6) is 0 Å². The molecule has 1 aliphatic heterocycles. The van der Waals surface area contributed by atoms with Crippen LogP contribution in [0.25, 0.3) is 0 Å². The first kappa shape index (κ1) is 15.1. The fraction of sp³-hybridized carbons (Fsp3) is 0.500. The van der Waals surface area contributed by atoms with Crippen molar-refractivity contribution in [3.8, 4) is 0 Å². The highest BCUT2D eigenvalue weighted by molar-refractivity contribution is 7.92. The molecule has 112 valence electrons. The molecule has 1 fully saturated rings. The molecule has 0 aromatic heterocycles. The number of anilines is 1. The standard InChI is InChI=1S/C12H15F3N2O2S/c1-9-8-17(7-6-16-9)10-2-4-11(5-3-10)20(18,19)12(13,14)15/h2-5,9,16H,6-8H2,1H3/t9-/m0/s1. The molecular formula is C12H15F3N2O2S. The predicted molar refractivity (Wildman–Crippen MR) is 69.4 cm³/mol. The van der Waals surface area contributed by atoms with Crippen LogP contribution >= 0.6 is 0 Å². The number of nitrogens with zero attached hydrogens (tertiary/aromatic N) is 1. The third-order valence-electron chi connectivity index (χ3n) is 3.19. The van der Waals surface area contributed by atoms with E-state index in [9.17, 15) is 21.6 Å². The molecule has 1 aromatic carbocycles. The maximum absolute atomic E-state index is 12.4. The molecule has 0 radical (unpaired) electrons. The van der Waals surface area contributed by atoms with Gasteiger partial charge in [-0.3, -0.25) is 0 Å². The lowest BCUT2D eigenvalue weighted by Crippen LogP contribution is -2.49. The minimum atomic E-state index is -5.27. The Hall–Kier alpha value is -1.28. The number of alkyl halides is 3. The molecule has 1 heterocycles. The first-order valence-electron chi connectivity index (χ1n) is 6.11. The van der Waals surface area contributed by atoms with Crippen molar-refractivity contribution < 1.29 is 21.6 Å². The van der Waals surface area contributed by atoms with Crippen LogP contribution in [-0.4, -0.2) is 39.6 Å². The van der Waals surface area contributed by atoms with Crippen LogP contribution in [-0.2, 0) is 9.84 Å². The number of nitrogens with one attached hydrogen (secondary N) is 1. The summed E-state index contributed by atoms with van der Waals surface area (Å²) >= 11 is 0. The molecule has 1 aromatic rings. The van der Waals surface area contributed by atoms with Crippen LogP contribution in [0.15, 0.2) is 29.2 Å². The van der Waals surface area contributed by atoms with Gasteiger partial charge in [0.2, 0.25) is 0 Å². The Kier molecular flexibility index (Phi) is 3.97. The molecule has 1 saturated heterocycles. The fourth-order valence-corrected chi connectivity index (χ4v) is 2.90. The van der Waals surface area contributed by atoms with Crippen molar-refractivity contribution in [2.24, 2.45) is 0 Å². The van der Waals surface area contributed by atoms with Gasteiger partial charge >= 0.3 is 5.51 Å². The molecule has 0 aliphatic carbocycles. The van der Waals surface area contributed by atoms with Gasteiger partial charge in [-0.05, 0) is 31.2 Å². The maximum Gasteiger partial charge on any atom is 0.501 e. The van der Waals surface area contributed by atoms with Gasteiger partial charge < -0.3 is 10.2 Å². The normalized spacial score (nSPS) is 21.0. The largest absolute Gasteiger partial charge is 0.501 e. The first-order valence-corrected chi connectivity index (χ1v) is 7.60. The summed E-state index contributed by atoms with van der Waals surface area (Å²) in [5, 5.41) is 3.25. The van der Waals surface area contributed by atoms with Crippen LogP contribution in [0, 0.1) is 0 Å². The average Bonchev–Trinajstić information content (AvgIpc) is 2.37. The Morgan fingerprint density at radius 1 is 1.25 bits per heavy atom. The molecule has 0 bridgehead atoms. The number of rotatable bonds is 2.